The molecule has 216 valence electrons. The second-order valence-electron chi connectivity index (χ2n) is 10.4. The van der Waals surface area contributed by atoms with Crippen LogP contribution in [0, 0.1) is 11.8 Å². The second-order valence-corrected chi connectivity index (χ2v) is 10.4. The molecule has 1 fully saturated rings. The van der Waals surface area contributed by atoms with E-state index in [4.69, 9.17) is 18.9 Å². The Kier molecular flexibility index (Phi) is 10.4. The number of likely N-dealkylation sites (tertiary alicyclic amines) is 1. The number of nitrogens with zero attached hydrogens (tertiary/aromatic N) is 1. The lowest BCUT2D eigenvalue weighted by Gasteiger charge is -2.33. The van der Waals surface area contributed by atoms with Crippen LogP contribution in [-0.4, -0.2) is 69.6 Å². The SMILES string of the molecule is CCOC(=O)CCNC(=O)COc1cccc(CN2CCC(CC3Cc4cc(OC)c(OC)cc4C3=O)CC2)c1. The molecule has 1 N–H and O–H groups in total. The highest BCUT2D eigenvalue weighted by atomic mass is 16.5. The van der Waals surface area contributed by atoms with Crippen LogP contribution in [0.25, 0.3) is 0 Å². The Hall–Kier alpha value is -3.59. The zero-order chi connectivity index (χ0) is 28.5. The number of ketones is 1. The van der Waals surface area contributed by atoms with E-state index in [9.17, 15) is 14.4 Å². The molecular weight excluding hydrogens is 512 g/mol. The number of rotatable bonds is 13. The molecular formula is C31H40N2O7. The third-order valence-electron chi connectivity index (χ3n) is 7.67. The van der Waals surface area contributed by atoms with Gasteiger partial charge in [0.1, 0.15) is 5.75 Å². The predicted molar refractivity (Wildman–Crippen MR) is 150 cm³/mol. The van der Waals surface area contributed by atoms with Crippen LogP contribution in [0.2, 0.25) is 0 Å². The Morgan fingerprint density at radius 3 is 2.52 bits per heavy atom. The molecule has 1 aliphatic carbocycles. The maximum atomic E-state index is 13.1. The molecule has 2 aliphatic rings. The van der Waals surface area contributed by atoms with E-state index in [2.05, 4.69) is 16.3 Å². The molecule has 0 bridgehead atoms. The monoisotopic (exact) mass is 552 g/mol. The van der Waals surface area contributed by atoms with Crippen molar-refractivity contribution in [1.82, 2.24) is 10.2 Å². The van der Waals surface area contributed by atoms with Gasteiger partial charge in [-0.05, 0) is 87.0 Å². The molecule has 1 heterocycles. The van der Waals surface area contributed by atoms with Crippen LogP contribution in [0.15, 0.2) is 36.4 Å². The first-order valence-electron chi connectivity index (χ1n) is 14.1. The topological polar surface area (TPSA) is 103 Å². The lowest BCUT2D eigenvalue weighted by molar-refractivity contribution is -0.143. The summed E-state index contributed by atoms with van der Waals surface area (Å²) >= 11 is 0. The van der Waals surface area contributed by atoms with Crippen molar-refractivity contribution in [2.24, 2.45) is 11.8 Å². The molecule has 1 unspecified atom stereocenters. The number of benzene rings is 2. The Morgan fingerprint density at radius 1 is 1.05 bits per heavy atom. The summed E-state index contributed by atoms with van der Waals surface area (Å²) in [5.41, 5.74) is 2.96. The molecule has 2 aromatic carbocycles. The van der Waals surface area contributed by atoms with Gasteiger partial charge in [0, 0.05) is 24.6 Å². The van der Waals surface area contributed by atoms with Crippen LogP contribution in [0.3, 0.4) is 0 Å². The summed E-state index contributed by atoms with van der Waals surface area (Å²) in [5.74, 6) is 2.08. The van der Waals surface area contributed by atoms with Crippen LogP contribution < -0.4 is 19.5 Å². The molecule has 0 radical (unpaired) electrons. The van der Waals surface area contributed by atoms with Crippen LogP contribution in [0.1, 0.15) is 54.1 Å². The first kappa shape index (κ1) is 29.4. The molecule has 9 nitrogen and oxygen atoms in total. The normalized spacial score (nSPS) is 17.3. The number of esters is 1. The molecule has 1 amide bonds. The molecule has 1 saturated heterocycles. The van der Waals surface area contributed by atoms with Crippen LogP contribution >= 0.6 is 0 Å². The predicted octanol–water partition coefficient (Wildman–Crippen LogP) is 3.81. The average molecular weight is 553 g/mol. The summed E-state index contributed by atoms with van der Waals surface area (Å²) in [6, 6.07) is 11.6. The van der Waals surface area contributed by atoms with Crippen molar-refractivity contribution in [3.8, 4) is 17.2 Å². The average Bonchev–Trinajstić information content (AvgIpc) is 3.26. The standard InChI is InChI=1S/C31H40N2O7/c1-4-39-30(35)8-11-32-29(34)20-40-25-7-5-6-22(15-25)19-33-12-9-21(10-13-33)14-24-16-23-17-27(37-2)28(38-3)18-26(23)31(24)36/h5-7,15,17-18,21,24H,4,8-14,16,19-20H2,1-3H3,(H,32,34). The van der Waals surface area contributed by atoms with Gasteiger partial charge in [0.05, 0.1) is 27.2 Å². The maximum Gasteiger partial charge on any atom is 0.307 e. The largest absolute Gasteiger partial charge is 0.493 e. The van der Waals surface area contributed by atoms with Crippen LogP contribution in [0.4, 0.5) is 0 Å². The smallest absolute Gasteiger partial charge is 0.307 e. The van der Waals surface area contributed by atoms with Crippen molar-refractivity contribution in [1.29, 1.82) is 0 Å². The van der Waals surface area contributed by atoms with Gasteiger partial charge in [-0.15, -0.1) is 0 Å². The number of Topliss-reactive ketones (excluding diaryl/α,β-unsaturated/α-hetero) is 1. The van der Waals surface area contributed by atoms with Gasteiger partial charge in [0.15, 0.2) is 23.9 Å². The van der Waals surface area contributed by atoms with Gasteiger partial charge in [-0.25, -0.2) is 0 Å². The van der Waals surface area contributed by atoms with Gasteiger partial charge in [-0.1, -0.05) is 12.1 Å². The fraction of sp³-hybridized carbons (Fsp3) is 0.516. The number of hydrogen-bond donors (Lipinski definition) is 1. The van der Waals surface area contributed by atoms with Crippen LogP contribution in [-0.2, 0) is 27.3 Å². The van der Waals surface area contributed by atoms with Crippen molar-refractivity contribution in [2.45, 2.75) is 45.6 Å². The summed E-state index contributed by atoms with van der Waals surface area (Å²) in [4.78, 5) is 38.9. The number of hydrogen-bond acceptors (Lipinski definition) is 8. The van der Waals surface area contributed by atoms with Crippen molar-refractivity contribution in [3.05, 3.63) is 53.1 Å². The molecule has 0 spiro atoms. The van der Waals surface area contributed by atoms with Gasteiger partial charge >= 0.3 is 5.97 Å². The summed E-state index contributed by atoms with van der Waals surface area (Å²) in [5, 5.41) is 2.67. The van der Waals surface area contributed by atoms with Crippen molar-refractivity contribution < 1.29 is 33.3 Å². The molecule has 9 heteroatoms. The lowest BCUT2D eigenvalue weighted by Crippen LogP contribution is -2.34. The van der Waals surface area contributed by atoms with E-state index in [1.807, 2.05) is 30.3 Å². The summed E-state index contributed by atoms with van der Waals surface area (Å²) in [6.07, 6.45) is 3.95. The summed E-state index contributed by atoms with van der Waals surface area (Å²) < 4.78 is 21.3. The fourth-order valence-electron chi connectivity index (χ4n) is 5.60. The number of piperidine rings is 1. The minimum absolute atomic E-state index is 0.0274. The van der Waals surface area contributed by atoms with E-state index in [0.717, 1.165) is 62.0 Å². The van der Waals surface area contributed by atoms with Gasteiger partial charge < -0.3 is 24.3 Å². The van der Waals surface area contributed by atoms with Crippen LogP contribution in [0.5, 0.6) is 17.2 Å². The second kappa shape index (κ2) is 14.2. The molecule has 2 aromatic rings. The van der Waals surface area contributed by atoms with Crippen molar-refractivity contribution in [3.63, 3.8) is 0 Å². The van der Waals surface area contributed by atoms with Gasteiger partial charge in [0.2, 0.25) is 0 Å². The molecule has 40 heavy (non-hydrogen) atoms. The maximum absolute atomic E-state index is 13.1. The molecule has 1 aliphatic heterocycles. The van der Waals surface area contributed by atoms with E-state index >= 15 is 0 Å². The lowest BCUT2D eigenvalue weighted by atomic mass is 9.85. The molecule has 0 saturated carbocycles. The third kappa shape index (κ3) is 7.75. The van der Waals surface area contributed by atoms with E-state index in [1.54, 1.807) is 21.1 Å². The first-order valence-corrected chi connectivity index (χ1v) is 14.1. The Bertz CT molecular complexity index is 1190. The van der Waals surface area contributed by atoms with E-state index in [-0.39, 0.29) is 43.2 Å². The number of nitrogens with one attached hydrogen (secondary N) is 1. The van der Waals surface area contributed by atoms with Crippen molar-refractivity contribution in [2.75, 3.05) is 47.1 Å². The Labute approximate surface area is 236 Å². The van der Waals surface area contributed by atoms with E-state index in [0.29, 0.717) is 29.8 Å². The van der Waals surface area contributed by atoms with Crippen molar-refractivity contribution >= 4 is 17.7 Å². The summed E-state index contributed by atoms with van der Waals surface area (Å²) in [6.45, 7) is 4.96. The molecule has 0 aromatic heterocycles. The van der Waals surface area contributed by atoms with E-state index < -0.39 is 0 Å². The minimum atomic E-state index is -0.333. The Morgan fingerprint density at radius 2 is 1.80 bits per heavy atom. The zero-order valence-electron chi connectivity index (χ0n) is 23.7. The Balaban J connectivity index is 1.19. The molecule has 1 atom stereocenters. The zero-order valence-corrected chi connectivity index (χ0v) is 23.7. The number of carbonyl (C=O) groups excluding carboxylic acids is 3. The third-order valence-corrected chi connectivity index (χ3v) is 7.67. The quantitative estimate of drug-likeness (QED) is 0.374. The number of methoxy groups -OCH3 is 2. The minimum Gasteiger partial charge on any atom is -0.493 e. The van der Waals surface area contributed by atoms with E-state index in [1.165, 1.54) is 0 Å². The summed E-state index contributed by atoms with van der Waals surface area (Å²) in [7, 11) is 3.21. The number of carbonyl (C=O) groups is 3. The highest BCUT2D eigenvalue weighted by Crippen LogP contribution is 2.39. The fourth-order valence-corrected chi connectivity index (χ4v) is 5.60. The van der Waals surface area contributed by atoms with Gasteiger partial charge in [-0.2, -0.15) is 0 Å². The highest BCUT2D eigenvalue weighted by molar-refractivity contribution is 6.02. The number of fused-ring (bicyclic) bond motifs is 1. The first-order chi connectivity index (χ1) is 19.4. The number of ether oxygens (including phenoxy) is 4. The number of amides is 1. The molecule has 4 rings (SSSR count). The van der Waals surface area contributed by atoms with Gasteiger partial charge in [0.25, 0.3) is 5.91 Å². The highest BCUT2D eigenvalue weighted by Gasteiger charge is 2.34. The van der Waals surface area contributed by atoms with Gasteiger partial charge in [-0.3, -0.25) is 19.3 Å².